The summed E-state index contributed by atoms with van der Waals surface area (Å²) >= 11 is 0. The number of ether oxygens (including phenoxy) is 1. The number of urea groups is 1. The second-order valence-electron chi connectivity index (χ2n) is 6.46. The SMILES string of the molecule is C[CH-]NC(=O)[C@H](CCC(C)(C)CC)NC(=O)N1CCOCC1.[Y]. The summed E-state index contributed by atoms with van der Waals surface area (Å²) in [4.78, 5) is 26.1. The number of morpholine rings is 1. The van der Waals surface area contributed by atoms with E-state index >= 15 is 0 Å². The number of carbonyl (C=O) groups excluding carboxylic acids is 2. The van der Waals surface area contributed by atoms with Crippen molar-refractivity contribution in [3.05, 3.63) is 6.54 Å². The summed E-state index contributed by atoms with van der Waals surface area (Å²) in [6.07, 6.45) is 2.56. The molecule has 1 fully saturated rings. The Morgan fingerprint density at radius 3 is 2.43 bits per heavy atom. The molecule has 0 aromatic heterocycles. The first-order valence-corrected chi connectivity index (χ1v) is 8.11. The van der Waals surface area contributed by atoms with Gasteiger partial charge in [-0.3, -0.25) is 4.79 Å². The van der Waals surface area contributed by atoms with Crippen molar-refractivity contribution in [3.8, 4) is 0 Å². The molecule has 1 aliphatic rings. The van der Waals surface area contributed by atoms with Crippen molar-refractivity contribution in [2.45, 2.75) is 53.0 Å². The maximum absolute atomic E-state index is 12.3. The Bertz CT molecular complexity index is 372. The number of hydrogen-bond donors (Lipinski definition) is 2. The van der Waals surface area contributed by atoms with Crippen molar-refractivity contribution < 1.29 is 47.0 Å². The molecule has 0 aromatic rings. The minimum absolute atomic E-state index is 0. The monoisotopic (exact) mass is 401 g/mol. The van der Waals surface area contributed by atoms with E-state index in [0.29, 0.717) is 32.7 Å². The molecular formula is C16H30N3O3Y-. The number of hydrogen-bond acceptors (Lipinski definition) is 3. The van der Waals surface area contributed by atoms with Gasteiger partial charge in [0.15, 0.2) is 0 Å². The first-order chi connectivity index (χ1) is 10.4. The summed E-state index contributed by atoms with van der Waals surface area (Å²) in [6, 6.07) is -0.689. The smallest absolute Gasteiger partial charge is 0.318 e. The van der Waals surface area contributed by atoms with Crippen molar-refractivity contribution in [1.29, 1.82) is 0 Å². The average Bonchev–Trinajstić information content (AvgIpc) is 2.52. The van der Waals surface area contributed by atoms with Gasteiger partial charge in [-0.05, 0) is 18.3 Å². The number of carbonyl (C=O) groups is 2. The molecule has 1 aliphatic heterocycles. The third-order valence-electron chi connectivity index (χ3n) is 4.27. The van der Waals surface area contributed by atoms with Crippen LogP contribution in [-0.2, 0) is 42.2 Å². The minimum Gasteiger partial charge on any atom is -0.504 e. The largest absolute Gasteiger partial charge is 0.504 e. The molecule has 3 amide bonds. The van der Waals surface area contributed by atoms with Gasteiger partial charge in [0.25, 0.3) is 0 Å². The van der Waals surface area contributed by atoms with Gasteiger partial charge in [-0.15, -0.1) is 0 Å². The summed E-state index contributed by atoms with van der Waals surface area (Å²) in [5, 5.41) is 5.55. The molecule has 0 unspecified atom stereocenters. The van der Waals surface area contributed by atoms with Crippen LogP contribution in [0.5, 0.6) is 0 Å². The zero-order chi connectivity index (χ0) is 16.6. The van der Waals surface area contributed by atoms with Gasteiger partial charge in [-0.2, -0.15) is 6.92 Å². The van der Waals surface area contributed by atoms with Crippen LogP contribution in [0.25, 0.3) is 0 Å². The number of nitrogens with zero attached hydrogens (tertiary/aromatic N) is 1. The van der Waals surface area contributed by atoms with Crippen LogP contribution < -0.4 is 10.6 Å². The van der Waals surface area contributed by atoms with Crippen molar-refractivity contribution in [2.24, 2.45) is 5.41 Å². The number of rotatable bonds is 7. The summed E-state index contributed by atoms with van der Waals surface area (Å²) in [7, 11) is 0. The molecule has 7 heteroatoms. The van der Waals surface area contributed by atoms with E-state index in [1.807, 2.05) is 0 Å². The van der Waals surface area contributed by atoms with E-state index in [9.17, 15) is 9.59 Å². The van der Waals surface area contributed by atoms with E-state index < -0.39 is 6.04 Å². The molecule has 1 radical (unpaired) electrons. The molecule has 6 nitrogen and oxygen atoms in total. The first kappa shape index (κ1) is 22.8. The third-order valence-corrected chi connectivity index (χ3v) is 4.27. The predicted molar refractivity (Wildman–Crippen MR) is 86.1 cm³/mol. The molecule has 1 atom stereocenters. The first-order valence-electron chi connectivity index (χ1n) is 8.11. The Hall–Kier alpha value is -0.196. The van der Waals surface area contributed by atoms with Crippen LogP contribution in [0.2, 0.25) is 0 Å². The topological polar surface area (TPSA) is 70.7 Å². The fourth-order valence-corrected chi connectivity index (χ4v) is 2.23. The number of nitrogens with one attached hydrogen (secondary N) is 2. The number of amides is 3. The van der Waals surface area contributed by atoms with Gasteiger partial charge in [0.05, 0.1) is 13.2 Å². The van der Waals surface area contributed by atoms with Crippen molar-refractivity contribution >= 4 is 11.9 Å². The zero-order valence-corrected chi connectivity index (χ0v) is 17.7. The fourth-order valence-electron chi connectivity index (χ4n) is 2.23. The molecule has 1 heterocycles. The average molecular weight is 401 g/mol. The maximum Gasteiger partial charge on any atom is 0.318 e. The Labute approximate surface area is 165 Å². The van der Waals surface area contributed by atoms with Crippen LogP contribution in [0.4, 0.5) is 4.79 Å². The minimum atomic E-state index is -0.502. The van der Waals surface area contributed by atoms with Crippen LogP contribution in [-0.4, -0.2) is 49.2 Å². The quantitative estimate of drug-likeness (QED) is 0.641. The molecule has 0 spiro atoms. The second-order valence-corrected chi connectivity index (χ2v) is 6.46. The van der Waals surface area contributed by atoms with E-state index in [4.69, 9.17) is 4.74 Å². The van der Waals surface area contributed by atoms with Crippen LogP contribution in [0.3, 0.4) is 0 Å². The van der Waals surface area contributed by atoms with E-state index in [0.717, 1.165) is 12.8 Å². The van der Waals surface area contributed by atoms with Crippen LogP contribution in [0, 0.1) is 12.0 Å². The Morgan fingerprint density at radius 2 is 1.91 bits per heavy atom. The molecule has 131 valence electrons. The summed E-state index contributed by atoms with van der Waals surface area (Å²) in [6.45, 7) is 12.1. The summed E-state index contributed by atoms with van der Waals surface area (Å²) in [5.41, 5.74) is 0.165. The zero-order valence-electron chi connectivity index (χ0n) is 14.9. The molecule has 0 bridgehead atoms. The van der Waals surface area contributed by atoms with Gasteiger partial charge < -0.3 is 20.3 Å². The molecule has 2 N–H and O–H groups in total. The fraction of sp³-hybridized carbons (Fsp3) is 0.812. The third kappa shape index (κ3) is 8.45. The van der Waals surface area contributed by atoms with Crippen molar-refractivity contribution in [1.82, 2.24) is 15.5 Å². The molecule has 0 saturated carbocycles. The summed E-state index contributed by atoms with van der Waals surface area (Å²) in [5.74, 6) is -0.156. The van der Waals surface area contributed by atoms with E-state index in [-0.39, 0.29) is 50.1 Å². The van der Waals surface area contributed by atoms with E-state index in [1.54, 1.807) is 18.4 Å². The van der Waals surface area contributed by atoms with E-state index in [1.165, 1.54) is 0 Å². The molecule has 0 aliphatic carbocycles. The van der Waals surface area contributed by atoms with Gasteiger partial charge in [-0.1, -0.05) is 27.2 Å². The molecular weight excluding hydrogens is 371 g/mol. The maximum atomic E-state index is 12.3. The van der Waals surface area contributed by atoms with Crippen LogP contribution in [0.15, 0.2) is 0 Å². The van der Waals surface area contributed by atoms with Gasteiger partial charge in [0, 0.05) is 45.8 Å². The Balaban J connectivity index is 0.00000484. The molecule has 1 saturated heterocycles. The normalized spacial score (nSPS) is 16.3. The van der Waals surface area contributed by atoms with Crippen LogP contribution in [0.1, 0.15) is 47.0 Å². The van der Waals surface area contributed by atoms with Gasteiger partial charge in [0.1, 0.15) is 6.04 Å². The molecule has 0 aromatic carbocycles. The standard InChI is InChI=1S/C16H30N3O3.Y/c1-5-16(3,4)8-7-13(14(20)17-6-2)18-15(21)19-9-11-22-12-10-19;/h6,13H,5,7-12H2,1-4H3,(H,17,20)(H,18,21);/q-1;/t13-;/m0./s1. The summed E-state index contributed by atoms with van der Waals surface area (Å²) < 4.78 is 5.24. The van der Waals surface area contributed by atoms with Gasteiger partial charge in [-0.25, -0.2) is 11.3 Å². The Morgan fingerprint density at radius 1 is 1.30 bits per heavy atom. The van der Waals surface area contributed by atoms with Crippen molar-refractivity contribution in [3.63, 3.8) is 0 Å². The predicted octanol–water partition coefficient (Wildman–Crippen LogP) is 1.91. The van der Waals surface area contributed by atoms with E-state index in [2.05, 4.69) is 31.4 Å². The Kier molecular flexibility index (Phi) is 11.3. The molecule has 1 rings (SSSR count). The van der Waals surface area contributed by atoms with Crippen LogP contribution >= 0.6 is 0 Å². The second kappa shape index (κ2) is 11.4. The van der Waals surface area contributed by atoms with Gasteiger partial charge in [0.2, 0.25) is 5.91 Å². The van der Waals surface area contributed by atoms with Gasteiger partial charge >= 0.3 is 6.03 Å². The molecule has 23 heavy (non-hydrogen) atoms. The van der Waals surface area contributed by atoms with Crippen molar-refractivity contribution in [2.75, 3.05) is 26.3 Å².